The minimum atomic E-state index is -4.96. The normalized spacial score (nSPS) is 12.5. The molecule has 0 aliphatic heterocycles. The van der Waals surface area contributed by atoms with Gasteiger partial charge < -0.3 is 9.47 Å². The summed E-state index contributed by atoms with van der Waals surface area (Å²) in [6.45, 7) is 0. The van der Waals surface area contributed by atoms with Crippen LogP contribution in [0.2, 0.25) is 0 Å². The molecule has 12 heteroatoms. The van der Waals surface area contributed by atoms with Crippen molar-refractivity contribution >= 4 is 0 Å². The maximum Gasteiger partial charge on any atom is 0.573 e. The lowest BCUT2D eigenvalue weighted by Gasteiger charge is -2.15. The number of pyridine rings is 1. The predicted molar refractivity (Wildman–Crippen MR) is 93.5 cm³/mol. The third-order valence-electron chi connectivity index (χ3n) is 3.95. The van der Waals surface area contributed by atoms with Crippen LogP contribution in [0, 0.1) is 0 Å². The van der Waals surface area contributed by atoms with E-state index < -0.39 is 36.1 Å². The molecule has 3 nitrogen and oxygen atoms in total. The Kier molecular flexibility index (Phi) is 5.98. The maximum atomic E-state index is 13.1. The van der Waals surface area contributed by atoms with Crippen LogP contribution < -0.4 is 9.47 Å². The molecule has 0 bridgehead atoms. The highest BCUT2D eigenvalue weighted by Crippen LogP contribution is 2.37. The van der Waals surface area contributed by atoms with Gasteiger partial charge in [-0.05, 0) is 48.0 Å². The van der Waals surface area contributed by atoms with E-state index in [0.717, 1.165) is 42.5 Å². The summed E-state index contributed by atoms with van der Waals surface area (Å²) in [7, 11) is 0. The van der Waals surface area contributed by atoms with Crippen LogP contribution >= 0.6 is 0 Å². The Balaban J connectivity index is 2.04. The molecule has 0 aliphatic carbocycles. The van der Waals surface area contributed by atoms with Crippen molar-refractivity contribution in [3.8, 4) is 33.9 Å². The summed E-state index contributed by atoms with van der Waals surface area (Å²) in [6.07, 6.45) is -14.7. The first kappa shape index (κ1) is 23.2. The monoisotopic (exact) mass is 467 g/mol. The van der Waals surface area contributed by atoms with Gasteiger partial charge in [-0.3, -0.25) is 0 Å². The average molecular weight is 467 g/mol. The van der Waals surface area contributed by atoms with Gasteiger partial charge in [0.25, 0.3) is 0 Å². The third-order valence-corrected chi connectivity index (χ3v) is 3.95. The first-order valence-electron chi connectivity index (χ1n) is 8.52. The molecule has 0 N–H and O–H groups in total. The summed E-state index contributed by atoms with van der Waals surface area (Å²) in [5, 5.41) is 0. The summed E-state index contributed by atoms with van der Waals surface area (Å²) >= 11 is 0. The van der Waals surface area contributed by atoms with Crippen molar-refractivity contribution in [2.24, 2.45) is 0 Å². The van der Waals surface area contributed by atoms with E-state index in [1.165, 1.54) is 12.1 Å². The molecule has 0 fully saturated rings. The first-order valence-corrected chi connectivity index (χ1v) is 8.52. The lowest BCUT2D eigenvalue weighted by Crippen LogP contribution is -2.17. The van der Waals surface area contributed by atoms with Crippen molar-refractivity contribution in [1.82, 2.24) is 4.98 Å². The lowest BCUT2D eigenvalue weighted by atomic mass is 9.98. The van der Waals surface area contributed by atoms with Crippen LogP contribution in [0.3, 0.4) is 0 Å². The summed E-state index contributed by atoms with van der Waals surface area (Å²) < 4.78 is 121. The van der Waals surface area contributed by atoms with Crippen molar-refractivity contribution in [3.05, 3.63) is 66.4 Å². The number of nitrogens with zero attached hydrogens (tertiary/aromatic N) is 1. The van der Waals surface area contributed by atoms with Gasteiger partial charge >= 0.3 is 18.9 Å². The van der Waals surface area contributed by atoms with Gasteiger partial charge in [-0.1, -0.05) is 18.2 Å². The van der Waals surface area contributed by atoms with E-state index in [4.69, 9.17) is 0 Å². The largest absolute Gasteiger partial charge is 0.573 e. The van der Waals surface area contributed by atoms with E-state index in [0.29, 0.717) is 6.07 Å². The summed E-state index contributed by atoms with van der Waals surface area (Å²) in [5.74, 6) is -1.14. The Morgan fingerprint density at radius 3 is 1.38 bits per heavy atom. The van der Waals surface area contributed by atoms with E-state index in [9.17, 15) is 39.5 Å². The van der Waals surface area contributed by atoms with E-state index in [-0.39, 0.29) is 22.4 Å². The van der Waals surface area contributed by atoms with Gasteiger partial charge in [-0.25, -0.2) is 4.98 Å². The van der Waals surface area contributed by atoms with E-state index in [2.05, 4.69) is 14.5 Å². The SMILES string of the molecule is FC(F)(F)Oc1ccc(-c2ccc(C(F)(F)F)nc2-c2ccc(OC(F)(F)F)cc2)cc1. The fraction of sp³-hybridized carbons (Fsp3) is 0.150. The fourth-order valence-corrected chi connectivity index (χ4v) is 2.72. The van der Waals surface area contributed by atoms with Gasteiger partial charge in [0.05, 0.1) is 5.69 Å². The number of alkyl halides is 9. The zero-order chi connectivity index (χ0) is 23.7. The summed E-state index contributed by atoms with van der Waals surface area (Å²) in [6, 6.07) is 9.97. The van der Waals surface area contributed by atoms with E-state index in [1.54, 1.807) is 0 Å². The van der Waals surface area contributed by atoms with Crippen molar-refractivity contribution in [1.29, 1.82) is 0 Å². The molecular weight excluding hydrogens is 457 g/mol. The van der Waals surface area contributed by atoms with Crippen molar-refractivity contribution in [2.45, 2.75) is 18.9 Å². The van der Waals surface area contributed by atoms with Crippen molar-refractivity contribution < 1.29 is 49.0 Å². The standard InChI is InChI=1S/C20H10F9NO2/c21-18(22,23)16-10-9-15(11-1-5-13(6-2-11)31-19(24,25)26)17(30-16)12-3-7-14(8-4-12)32-20(27,28)29/h1-10H. The average Bonchev–Trinajstić information content (AvgIpc) is 2.66. The second-order valence-electron chi connectivity index (χ2n) is 6.23. The molecule has 0 radical (unpaired) electrons. The number of halogens is 9. The van der Waals surface area contributed by atoms with Crippen molar-refractivity contribution in [3.63, 3.8) is 0 Å². The quantitative estimate of drug-likeness (QED) is 0.380. The zero-order valence-corrected chi connectivity index (χ0v) is 15.4. The van der Waals surface area contributed by atoms with Crippen LogP contribution in [0.25, 0.3) is 22.4 Å². The number of aromatic nitrogens is 1. The molecule has 0 spiro atoms. The highest BCUT2D eigenvalue weighted by molar-refractivity contribution is 5.81. The Morgan fingerprint density at radius 2 is 0.969 bits per heavy atom. The van der Waals surface area contributed by atoms with Crippen LogP contribution in [0.15, 0.2) is 60.7 Å². The predicted octanol–water partition coefficient (Wildman–Crippen LogP) is 7.23. The zero-order valence-electron chi connectivity index (χ0n) is 15.4. The van der Waals surface area contributed by atoms with Gasteiger partial charge in [0.15, 0.2) is 0 Å². The molecule has 3 rings (SSSR count). The van der Waals surface area contributed by atoms with Crippen molar-refractivity contribution in [2.75, 3.05) is 0 Å². The summed E-state index contributed by atoms with van der Waals surface area (Å²) in [5.41, 5.74) is -1.18. The molecule has 0 aliphatic rings. The molecule has 0 saturated heterocycles. The fourth-order valence-electron chi connectivity index (χ4n) is 2.72. The lowest BCUT2D eigenvalue weighted by molar-refractivity contribution is -0.275. The second kappa shape index (κ2) is 8.24. The maximum absolute atomic E-state index is 13.1. The van der Waals surface area contributed by atoms with Crippen LogP contribution in [-0.4, -0.2) is 17.7 Å². The number of rotatable bonds is 4. The van der Waals surface area contributed by atoms with E-state index >= 15 is 0 Å². The molecule has 0 amide bonds. The smallest absolute Gasteiger partial charge is 0.406 e. The topological polar surface area (TPSA) is 31.4 Å². The second-order valence-corrected chi connectivity index (χ2v) is 6.23. The van der Waals surface area contributed by atoms with Crippen LogP contribution in [0.5, 0.6) is 11.5 Å². The molecule has 32 heavy (non-hydrogen) atoms. The van der Waals surface area contributed by atoms with Crippen LogP contribution in [-0.2, 0) is 6.18 Å². The first-order chi connectivity index (χ1) is 14.7. The van der Waals surface area contributed by atoms with Gasteiger partial charge in [-0.15, -0.1) is 26.3 Å². The van der Waals surface area contributed by atoms with Crippen LogP contribution in [0.1, 0.15) is 5.69 Å². The molecule has 1 heterocycles. The Hall–Kier alpha value is -3.44. The van der Waals surface area contributed by atoms with Gasteiger partial charge in [0, 0.05) is 11.1 Å². The number of benzene rings is 2. The number of hydrogen-bond donors (Lipinski definition) is 0. The molecule has 3 aromatic rings. The highest BCUT2D eigenvalue weighted by atomic mass is 19.4. The van der Waals surface area contributed by atoms with Gasteiger partial charge in [-0.2, -0.15) is 13.2 Å². The molecule has 0 saturated carbocycles. The minimum absolute atomic E-state index is 0.0243. The molecule has 0 atom stereocenters. The molecule has 0 unspecified atom stereocenters. The van der Waals surface area contributed by atoms with Gasteiger partial charge in [0.1, 0.15) is 17.2 Å². The Morgan fingerprint density at radius 1 is 0.531 bits per heavy atom. The third kappa shape index (κ3) is 6.05. The highest BCUT2D eigenvalue weighted by Gasteiger charge is 2.34. The Bertz CT molecular complexity index is 1070. The number of hydrogen-bond acceptors (Lipinski definition) is 3. The number of ether oxygens (including phenoxy) is 2. The summed E-state index contributed by atoms with van der Waals surface area (Å²) in [4.78, 5) is 3.58. The molecule has 2 aromatic carbocycles. The van der Waals surface area contributed by atoms with Gasteiger partial charge in [0.2, 0.25) is 0 Å². The molecular formula is C20H10F9NO2. The minimum Gasteiger partial charge on any atom is -0.406 e. The molecule has 1 aromatic heterocycles. The molecule has 170 valence electrons. The Labute approximate surface area is 174 Å². The van der Waals surface area contributed by atoms with Crippen LogP contribution in [0.4, 0.5) is 39.5 Å². The van der Waals surface area contributed by atoms with E-state index in [1.807, 2.05) is 0 Å².